The Kier molecular flexibility index (Phi) is 2.36. The van der Waals surface area contributed by atoms with Crippen molar-refractivity contribution in [2.75, 3.05) is 7.11 Å². The van der Waals surface area contributed by atoms with Crippen molar-refractivity contribution in [1.82, 2.24) is 0 Å². The smallest absolute Gasteiger partial charge is 0.355 e. The van der Waals surface area contributed by atoms with Gasteiger partial charge in [-0.1, -0.05) is 17.7 Å². The molecular formula is C10H7ClO4. The molecule has 0 fully saturated rings. The highest BCUT2D eigenvalue weighted by Gasteiger charge is 2.39. The Hall–Kier alpha value is -1.55. The molecule has 1 heterocycles. The van der Waals surface area contributed by atoms with Crippen molar-refractivity contribution in [2.45, 2.75) is 6.10 Å². The number of carbonyl (C=O) groups excluding carboxylic acids is 2. The van der Waals surface area contributed by atoms with Crippen LogP contribution in [0.3, 0.4) is 0 Å². The van der Waals surface area contributed by atoms with E-state index >= 15 is 0 Å². The van der Waals surface area contributed by atoms with Crippen LogP contribution in [0.5, 0.6) is 5.75 Å². The van der Waals surface area contributed by atoms with E-state index in [0.717, 1.165) is 0 Å². The summed E-state index contributed by atoms with van der Waals surface area (Å²) < 4.78 is 9.59. The molecule has 2 rings (SSSR count). The molecule has 1 atom stereocenters. The van der Waals surface area contributed by atoms with Crippen molar-refractivity contribution in [2.24, 2.45) is 0 Å². The fourth-order valence-corrected chi connectivity index (χ4v) is 1.62. The van der Waals surface area contributed by atoms with Crippen molar-refractivity contribution >= 4 is 23.4 Å². The molecule has 15 heavy (non-hydrogen) atoms. The van der Waals surface area contributed by atoms with Crippen molar-refractivity contribution in [3.05, 3.63) is 28.8 Å². The average molecular weight is 227 g/mol. The molecule has 0 bridgehead atoms. The van der Waals surface area contributed by atoms with Crippen molar-refractivity contribution in [3.8, 4) is 5.75 Å². The first kappa shape index (κ1) is 9.98. The second kappa shape index (κ2) is 3.55. The third-order valence-electron chi connectivity index (χ3n) is 2.12. The average Bonchev–Trinajstić information content (AvgIpc) is 2.57. The number of esters is 1. The van der Waals surface area contributed by atoms with E-state index in [1.807, 2.05) is 0 Å². The summed E-state index contributed by atoms with van der Waals surface area (Å²) in [5.74, 6) is -0.883. The summed E-state index contributed by atoms with van der Waals surface area (Å²) in [4.78, 5) is 22.9. The van der Waals surface area contributed by atoms with Gasteiger partial charge in [-0.2, -0.15) is 0 Å². The number of ketones is 1. The molecule has 1 aromatic carbocycles. The Morgan fingerprint density at radius 1 is 1.53 bits per heavy atom. The molecular weight excluding hydrogens is 220 g/mol. The minimum atomic E-state index is -1.22. The summed E-state index contributed by atoms with van der Waals surface area (Å²) in [6, 6.07) is 4.78. The molecule has 0 aliphatic carbocycles. The monoisotopic (exact) mass is 226 g/mol. The van der Waals surface area contributed by atoms with Gasteiger partial charge in [0, 0.05) is 0 Å². The number of ether oxygens (including phenoxy) is 2. The molecule has 0 N–H and O–H groups in total. The molecule has 0 saturated heterocycles. The Labute approximate surface area is 90.7 Å². The van der Waals surface area contributed by atoms with Gasteiger partial charge in [-0.25, -0.2) is 4.79 Å². The molecule has 0 amide bonds. The summed E-state index contributed by atoms with van der Waals surface area (Å²) in [5, 5.41) is 0.312. The Balaban J connectivity index is 2.41. The van der Waals surface area contributed by atoms with Gasteiger partial charge in [-0.3, -0.25) is 4.79 Å². The van der Waals surface area contributed by atoms with Gasteiger partial charge in [-0.15, -0.1) is 0 Å². The Morgan fingerprint density at radius 2 is 2.27 bits per heavy atom. The van der Waals surface area contributed by atoms with Gasteiger partial charge in [0.05, 0.1) is 17.7 Å². The van der Waals surface area contributed by atoms with Crippen LogP contribution in [0.4, 0.5) is 0 Å². The zero-order valence-corrected chi connectivity index (χ0v) is 8.58. The van der Waals surface area contributed by atoms with Gasteiger partial charge in [0.15, 0.2) is 5.75 Å². The van der Waals surface area contributed by atoms with Gasteiger partial charge < -0.3 is 9.47 Å². The number of halogens is 1. The predicted molar refractivity (Wildman–Crippen MR) is 52.2 cm³/mol. The van der Waals surface area contributed by atoms with Crippen LogP contribution in [0.15, 0.2) is 18.2 Å². The van der Waals surface area contributed by atoms with E-state index in [0.29, 0.717) is 10.6 Å². The molecule has 1 aromatic rings. The van der Waals surface area contributed by atoms with Crippen molar-refractivity contribution in [1.29, 1.82) is 0 Å². The minimum absolute atomic E-state index is 0.250. The van der Waals surface area contributed by atoms with E-state index in [2.05, 4.69) is 4.74 Å². The summed E-state index contributed by atoms with van der Waals surface area (Å²) in [7, 11) is 1.20. The molecule has 1 aliphatic rings. The number of carbonyl (C=O) groups is 2. The number of methoxy groups -OCH3 is 1. The number of para-hydroxylation sites is 1. The molecule has 0 aromatic heterocycles. The first-order valence-corrected chi connectivity index (χ1v) is 4.60. The molecule has 0 radical (unpaired) electrons. The number of hydrogen-bond acceptors (Lipinski definition) is 4. The topological polar surface area (TPSA) is 52.6 Å². The van der Waals surface area contributed by atoms with Crippen LogP contribution in [0.25, 0.3) is 0 Å². The van der Waals surface area contributed by atoms with Gasteiger partial charge in [0.25, 0.3) is 6.10 Å². The Morgan fingerprint density at radius 3 is 2.87 bits per heavy atom. The third kappa shape index (κ3) is 1.47. The molecule has 1 aliphatic heterocycles. The second-order valence-corrected chi connectivity index (χ2v) is 3.41. The number of Topliss-reactive ketones (excluding diaryl/α,β-unsaturated/α-hetero) is 1. The lowest BCUT2D eigenvalue weighted by atomic mass is 10.1. The number of hydrogen-bond donors (Lipinski definition) is 0. The van der Waals surface area contributed by atoms with E-state index < -0.39 is 17.9 Å². The lowest BCUT2D eigenvalue weighted by Crippen LogP contribution is -2.31. The summed E-state index contributed by atoms with van der Waals surface area (Å²) >= 11 is 5.82. The number of fused-ring (bicyclic) bond motifs is 1. The summed E-state index contributed by atoms with van der Waals surface area (Å²) in [5.41, 5.74) is 0.318. The van der Waals surface area contributed by atoms with Gasteiger partial charge in [0.2, 0.25) is 5.78 Å². The maximum Gasteiger partial charge on any atom is 0.355 e. The lowest BCUT2D eigenvalue weighted by molar-refractivity contribution is -0.145. The van der Waals surface area contributed by atoms with Crippen LogP contribution in [0, 0.1) is 0 Å². The first-order chi connectivity index (χ1) is 7.15. The van der Waals surface area contributed by atoms with Crippen LogP contribution >= 0.6 is 11.6 Å². The highest BCUT2D eigenvalue weighted by molar-refractivity contribution is 6.33. The van der Waals surface area contributed by atoms with Gasteiger partial charge in [-0.05, 0) is 12.1 Å². The van der Waals surface area contributed by atoms with Gasteiger partial charge in [0.1, 0.15) is 0 Å². The maximum absolute atomic E-state index is 11.7. The molecule has 0 saturated carbocycles. The summed E-state index contributed by atoms with van der Waals surface area (Å²) in [6.45, 7) is 0. The normalized spacial score (nSPS) is 18.3. The largest absolute Gasteiger partial charge is 0.468 e. The predicted octanol–water partition coefficient (Wildman–Crippen LogP) is 1.46. The molecule has 4 nitrogen and oxygen atoms in total. The van der Waals surface area contributed by atoms with E-state index in [4.69, 9.17) is 16.3 Å². The summed E-state index contributed by atoms with van der Waals surface area (Å²) in [6.07, 6.45) is -1.22. The Bertz CT molecular complexity index is 441. The van der Waals surface area contributed by atoms with Gasteiger partial charge >= 0.3 is 5.97 Å². The van der Waals surface area contributed by atoms with E-state index in [9.17, 15) is 9.59 Å². The quantitative estimate of drug-likeness (QED) is 0.537. The fraction of sp³-hybridized carbons (Fsp3) is 0.200. The van der Waals surface area contributed by atoms with Crippen molar-refractivity contribution in [3.63, 3.8) is 0 Å². The minimum Gasteiger partial charge on any atom is -0.468 e. The zero-order chi connectivity index (χ0) is 11.0. The fourth-order valence-electron chi connectivity index (χ4n) is 1.40. The second-order valence-electron chi connectivity index (χ2n) is 3.00. The SMILES string of the molecule is COC(=O)C1Oc2c(Cl)cccc2C1=O. The van der Waals surface area contributed by atoms with Crippen LogP contribution in [-0.4, -0.2) is 25.0 Å². The van der Waals surface area contributed by atoms with E-state index in [1.54, 1.807) is 18.2 Å². The molecule has 0 spiro atoms. The highest BCUT2D eigenvalue weighted by Crippen LogP contribution is 2.35. The van der Waals surface area contributed by atoms with Crippen molar-refractivity contribution < 1.29 is 19.1 Å². The van der Waals surface area contributed by atoms with E-state index in [1.165, 1.54) is 7.11 Å². The van der Waals surface area contributed by atoms with E-state index in [-0.39, 0.29) is 5.75 Å². The molecule has 5 heteroatoms. The molecule has 78 valence electrons. The molecule has 1 unspecified atom stereocenters. The standard InChI is InChI=1S/C10H7ClO4/c1-14-10(13)9-7(12)5-3-2-4-6(11)8(5)15-9/h2-4,9H,1H3. The zero-order valence-electron chi connectivity index (χ0n) is 7.82. The van der Waals surface area contributed by atoms with Crippen LogP contribution in [0.2, 0.25) is 5.02 Å². The van der Waals surface area contributed by atoms with Crippen LogP contribution in [-0.2, 0) is 9.53 Å². The first-order valence-electron chi connectivity index (χ1n) is 4.22. The van der Waals surface area contributed by atoms with Crippen LogP contribution in [0.1, 0.15) is 10.4 Å². The number of rotatable bonds is 1. The number of benzene rings is 1. The third-order valence-corrected chi connectivity index (χ3v) is 2.42. The maximum atomic E-state index is 11.7. The highest BCUT2D eigenvalue weighted by atomic mass is 35.5. The lowest BCUT2D eigenvalue weighted by Gasteiger charge is -2.06. The van der Waals surface area contributed by atoms with Crippen LogP contribution < -0.4 is 4.74 Å².